The van der Waals surface area contributed by atoms with E-state index in [0.29, 0.717) is 0 Å². The Labute approximate surface area is 116 Å². The fourth-order valence-electron chi connectivity index (χ4n) is 2.34. The van der Waals surface area contributed by atoms with E-state index in [-0.39, 0.29) is 0 Å². The zero-order chi connectivity index (χ0) is 13.5. The van der Waals surface area contributed by atoms with Gasteiger partial charge in [-0.05, 0) is 48.6 Å². The van der Waals surface area contributed by atoms with Crippen molar-refractivity contribution in [2.24, 2.45) is 0 Å². The summed E-state index contributed by atoms with van der Waals surface area (Å²) in [6, 6.07) is 17.4. The molecular formula is C18H23N. The van der Waals surface area contributed by atoms with Gasteiger partial charge in [-0.2, -0.15) is 0 Å². The minimum absolute atomic E-state index is 0.976. The Kier molecular flexibility index (Phi) is 5.02. The highest BCUT2D eigenvalue weighted by Crippen LogP contribution is 2.26. The Balaban J connectivity index is 2.31. The summed E-state index contributed by atoms with van der Waals surface area (Å²) in [7, 11) is 0. The van der Waals surface area contributed by atoms with Crippen LogP contribution >= 0.6 is 0 Å². The molecule has 1 N–H and O–H groups in total. The van der Waals surface area contributed by atoms with E-state index in [1.54, 1.807) is 0 Å². The minimum atomic E-state index is 0.976. The molecule has 2 aromatic rings. The van der Waals surface area contributed by atoms with Crippen molar-refractivity contribution in [1.82, 2.24) is 0 Å². The number of unbranched alkanes of at least 4 members (excludes halogenated alkanes) is 1. The first-order valence-corrected chi connectivity index (χ1v) is 7.27. The summed E-state index contributed by atoms with van der Waals surface area (Å²) in [6.45, 7) is 5.37. The van der Waals surface area contributed by atoms with Crippen LogP contribution in [-0.4, -0.2) is 6.54 Å². The number of hydrogen-bond donors (Lipinski definition) is 1. The molecule has 0 aliphatic heterocycles. The predicted octanol–water partition coefficient (Wildman–Crippen LogP) is 5.13. The highest BCUT2D eigenvalue weighted by Gasteiger charge is 2.04. The summed E-state index contributed by atoms with van der Waals surface area (Å²) in [5.41, 5.74) is 5.33. The molecule has 1 heteroatoms. The monoisotopic (exact) mass is 253 g/mol. The van der Waals surface area contributed by atoms with Crippen LogP contribution in [-0.2, 0) is 6.42 Å². The van der Waals surface area contributed by atoms with E-state index in [4.69, 9.17) is 0 Å². The molecule has 0 heterocycles. The molecule has 0 aliphatic carbocycles. The van der Waals surface area contributed by atoms with E-state index in [1.165, 1.54) is 35.2 Å². The van der Waals surface area contributed by atoms with Crippen LogP contribution in [0.3, 0.4) is 0 Å². The van der Waals surface area contributed by atoms with Crippen LogP contribution in [0.5, 0.6) is 0 Å². The third-order valence-corrected chi connectivity index (χ3v) is 3.38. The molecule has 100 valence electrons. The maximum Gasteiger partial charge on any atom is 0.0373 e. The predicted molar refractivity (Wildman–Crippen MR) is 84.7 cm³/mol. The second kappa shape index (κ2) is 6.98. The molecule has 0 saturated carbocycles. The summed E-state index contributed by atoms with van der Waals surface area (Å²) in [5, 5.41) is 3.46. The molecule has 0 aliphatic rings. The lowest BCUT2D eigenvalue weighted by molar-refractivity contribution is 0.795. The van der Waals surface area contributed by atoms with Crippen molar-refractivity contribution in [1.29, 1.82) is 0 Å². The van der Waals surface area contributed by atoms with Gasteiger partial charge in [-0.15, -0.1) is 0 Å². The molecule has 0 fully saturated rings. The molecule has 1 nitrogen and oxygen atoms in total. The largest absolute Gasteiger partial charge is 0.385 e. The van der Waals surface area contributed by atoms with Crippen molar-refractivity contribution in [3.8, 4) is 11.1 Å². The third kappa shape index (κ3) is 3.60. The Morgan fingerprint density at radius 1 is 0.895 bits per heavy atom. The second-order valence-corrected chi connectivity index (χ2v) is 4.87. The number of hydrogen-bond acceptors (Lipinski definition) is 1. The lowest BCUT2D eigenvalue weighted by Gasteiger charge is -2.13. The summed E-state index contributed by atoms with van der Waals surface area (Å²) in [6.07, 6.45) is 3.64. The lowest BCUT2D eigenvalue weighted by atomic mass is 9.99. The molecule has 0 aromatic heterocycles. The van der Waals surface area contributed by atoms with E-state index in [0.717, 1.165) is 13.0 Å². The molecule has 0 spiro atoms. The highest BCUT2D eigenvalue weighted by atomic mass is 14.9. The topological polar surface area (TPSA) is 12.0 Å². The van der Waals surface area contributed by atoms with Crippen LogP contribution in [0.25, 0.3) is 11.1 Å². The fraction of sp³-hybridized carbons (Fsp3) is 0.333. The maximum absolute atomic E-state index is 3.46. The average Bonchev–Trinajstić information content (AvgIpc) is 2.47. The van der Waals surface area contributed by atoms with Gasteiger partial charge in [0, 0.05) is 12.2 Å². The van der Waals surface area contributed by atoms with Crippen molar-refractivity contribution >= 4 is 5.69 Å². The molecule has 0 amide bonds. The van der Waals surface area contributed by atoms with Crippen molar-refractivity contribution in [2.75, 3.05) is 11.9 Å². The van der Waals surface area contributed by atoms with Gasteiger partial charge in [0.05, 0.1) is 0 Å². The lowest BCUT2D eigenvalue weighted by Crippen LogP contribution is -2.01. The van der Waals surface area contributed by atoms with E-state index >= 15 is 0 Å². The van der Waals surface area contributed by atoms with Crippen LogP contribution in [0, 0.1) is 0 Å². The normalized spacial score (nSPS) is 10.4. The minimum Gasteiger partial charge on any atom is -0.385 e. The summed E-state index contributed by atoms with van der Waals surface area (Å²) >= 11 is 0. The standard InChI is InChI=1S/C18H23N/c1-3-5-9-17-14-16(12-13-18(17)19-4-2)15-10-7-6-8-11-15/h6-8,10-14,19H,3-5,9H2,1-2H3. The Hall–Kier alpha value is -1.76. The molecule has 2 rings (SSSR count). The SMILES string of the molecule is CCCCc1cc(-c2ccccc2)ccc1NCC. The quantitative estimate of drug-likeness (QED) is 0.752. The van der Waals surface area contributed by atoms with Crippen molar-refractivity contribution < 1.29 is 0 Å². The van der Waals surface area contributed by atoms with Gasteiger partial charge in [-0.3, -0.25) is 0 Å². The second-order valence-electron chi connectivity index (χ2n) is 4.87. The number of aryl methyl sites for hydroxylation is 1. The van der Waals surface area contributed by atoms with E-state index < -0.39 is 0 Å². The number of nitrogens with one attached hydrogen (secondary N) is 1. The van der Waals surface area contributed by atoms with Crippen LogP contribution in [0.4, 0.5) is 5.69 Å². The zero-order valence-corrected chi connectivity index (χ0v) is 11.9. The van der Waals surface area contributed by atoms with Crippen LogP contribution < -0.4 is 5.32 Å². The molecule has 2 aromatic carbocycles. The van der Waals surface area contributed by atoms with E-state index in [2.05, 4.69) is 67.7 Å². The molecule has 0 unspecified atom stereocenters. The summed E-state index contributed by atoms with van der Waals surface area (Å²) in [5.74, 6) is 0. The first-order chi connectivity index (χ1) is 9.35. The van der Waals surface area contributed by atoms with E-state index in [1.807, 2.05) is 0 Å². The first-order valence-electron chi connectivity index (χ1n) is 7.27. The van der Waals surface area contributed by atoms with Crippen molar-refractivity contribution in [3.05, 3.63) is 54.1 Å². The van der Waals surface area contributed by atoms with Gasteiger partial charge < -0.3 is 5.32 Å². The molecule has 0 saturated heterocycles. The van der Waals surface area contributed by atoms with Crippen LogP contribution in [0.2, 0.25) is 0 Å². The van der Waals surface area contributed by atoms with Gasteiger partial charge in [0.2, 0.25) is 0 Å². The van der Waals surface area contributed by atoms with Gasteiger partial charge in [-0.1, -0.05) is 49.7 Å². The maximum atomic E-state index is 3.46. The Bertz CT molecular complexity index is 502. The van der Waals surface area contributed by atoms with Gasteiger partial charge in [0.15, 0.2) is 0 Å². The van der Waals surface area contributed by atoms with Gasteiger partial charge in [0.1, 0.15) is 0 Å². The number of anilines is 1. The molecule has 19 heavy (non-hydrogen) atoms. The summed E-state index contributed by atoms with van der Waals surface area (Å²) < 4.78 is 0. The third-order valence-electron chi connectivity index (χ3n) is 3.38. The molecule has 0 atom stereocenters. The smallest absolute Gasteiger partial charge is 0.0373 e. The molecule has 0 bridgehead atoms. The summed E-state index contributed by atoms with van der Waals surface area (Å²) in [4.78, 5) is 0. The Morgan fingerprint density at radius 3 is 2.37 bits per heavy atom. The number of rotatable bonds is 6. The number of benzene rings is 2. The van der Waals surface area contributed by atoms with Crippen LogP contribution in [0.1, 0.15) is 32.3 Å². The molecular weight excluding hydrogens is 230 g/mol. The fourth-order valence-corrected chi connectivity index (χ4v) is 2.34. The first kappa shape index (κ1) is 13.7. The highest BCUT2D eigenvalue weighted by molar-refractivity contribution is 5.68. The average molecular weight is 253 g/mol. The molecule has 0 radical (unpaired) electrons. The van der Waals surface area contributed by atoms with Gasteiger partial charge in [-0.25, -0.2) is 0 Å². The Morgan fingerprint density at radius 2 is 1.68 bits per heavy atom. The van der Waals surface area contributed by atoms with Crippen molar-refractivity contribution in [3.63, 3.8) is 0 Å². The van der Waals surface area contributed by atoms with Gasteiger partial charge >= 0.3 is 0 Å². The van der Waals surface area contributed by atoms with E-state index in [9.17, 15) is 0 Å². The van der Waals surface area contributed by atoms with Crippen LogP contribution in [0.15, 0.2) is 48.5 Å². The van der Waals surface area contributed by atoms with Gasteiger partial charge in [0.25, 0.3) is 0 Å². The zero-order valence-electron chi connectivity index (χ0n) is 11.9. The van der Waals surface area contributed by atoms with Crippen molar-refractivity contribution in [2.45, 2.75) is 33.1 Å².